The van der Waals surface area contributed by atoms with Crippen LogP contribution in [0.2, 0.25) is 0 Å². The Morgan fingerprint density at radius 1 is 0.962 bits per heavy atom. The molecule has 0 spiro atoms. The van der Waals surface area contributed by atoms with Gasteiger partial charge < -0.3 is 5.32 Å². The molecule has 0 aliphatic carbocycles. The summed E-state index contributed by atoms with van der Waals surface area (Å²) in [5.74, 6) is -1.95. The summed E-state index contributed by atoms with van der Waals surface area (Å²) in [6.45, 7) is 0. The first-order valence-electron chi connectivity index (χ1n) is 7.92. The minimum absolute atomic E-state index is 0.150. The van der Waals surface area contributed by atoms with Crippen molar-refractivity contribution in [3.63, 3.8) is 0 Å². The van der Waals surface area contributed by atoms with Gasteiger partial charge >= 0.3 is 0 Å². The molecule has 1 heterocycles. The van der Waals surface area contributed by atoms with Crippen LogP contribution in [0.25, 0.3) is 22.0 Å². The molecule has 0 unspecified atom stereocenters. The van der Waals surface area contributed by atoms with Gasteiger partial charge in [0.1, 0.15) is 17.3 Å². The van der Waals surface area contributed by atoms with Crippen LogP contribution in [0.3, 0.4) is 0 Å². The monoisotopic (exact) mass is 349 g/mol. The van der Waals surface area contributed by atoms with Crippen molar-refractivity contribution in [2.75, 3.05) is 5.32 Å². The summed E-state index contributed by atoms with van der Waals surface area (Å²) in [6, 6.07) is 18.1. The molecule has 0 radical (unpaired) electrons. The van der Waals surface area contributed by atoms with Gasteiger partial charge in [-0.05, 0) is 29.0 Å². The summed E-state index contributed by atoms with van der Waals surface area (Å²) in [6.07, 6.45) is 0. The van der Waals surface area contributed by atoms with Crippen molar-refractivity contribution in [3.8, 4) is 11.3 Å². The number of H-pyrrole nitrogens is 1. The molecule has 1 amide bonds. The Morgan fingerprint density at radius 2 is 1.77 bits per heavy atom. The Hall–Kier alpha value is -3.54. The Balaban J connectivity index is 1.65. The Labute approximate surface area is 147 Å². The first-order chi connectivity index (χ1) is 12.6. The van der Waals surface area contributed by atoms with Gasteiger partial charge in [0.25, 0.3) is 5.91 Å². The molecule has 0 bridgehead atoms. The molecule has 4 nitrogen and oxygen atoms in total. The normalized spacial score (nSPS) is 10.8. The van der Waals surface area contributed by atoms with Crippen molar-refractivity contribution in [1.29, 1.82) is 0 Å². The molecule has 0 fully saturated rings. The molecular weight excluding hydrogens is 336 g/mol. The van der Waals surface area contributed by atoms with E-state index < -0.39 is 17.5 Å². The predicted octanol–water partition coefficient (Wildman–Crippen LogP) is 4.76. The summed E-state index contributed by atoms with van der Waals surface area (Å²) in [7, 11) is 0. The second-order valence-corrected chi connectivity index (χ2v) is 5.77. The molecular formula is C20H13F2N3O. The number of benzene rings is 3. The number of anilines is 1. The second kappa shape index (κ2) is 6.40. The predicted molar refractivity (Wildman–Crippen MR) is 95.8 cm³/mol. The zero-order chi connectivity index (χ0) is 18.1. The molecule has 0 saturated carbocycles. The number of rotatable bonds is 3. The second-order valence-electron chi connectivity index (χ2n) is 5.77. The van der Waals surface area contributed by atoms with Gasteiger partial charge in [-0.25, -0.2) is 8.78 Å². The van der Waals surface area contributed by atoms with Crippen LogP contribution < -0.4 is 5.32 Å². The molecule has 128 valence electrons. The van der Waals surface area contributed by atoms with Gasteiger partial charge in [-0.1, -0.05) is 42.5 Å². The van der Waals surface area contributed by atoms with Crippen LogP contribution in [0.4, 0.5) is 14.5 Å². The highest BCUT2D eigenvalue weighted by Gasteiger charge is 2.15. The van der Waals surface area contributed by atoms with Gasteiger partial charge in [0, 0.05) is 11.6 Å². The van der Waals surface area contributed by atoms with Gasteiger partial charge in [0.05, 0.1) is 11.4 Å². The average molecular weight is 349 g/mol. The molecule has 0 aliphatic heterocycles. The van der Waals surface area contributed by atoms with Crippen molar-refractivity contribution < 1.29 is 13.6 Å². The summed E-state index contributed by atoms with van der Waals surface area (Å²) in [4.78, 5) is 12.3. The number of carbonyl (C=O) groups excluding carboxylic acids is 1. The van der Waals surface area contributed by atoms with E-state index in [4.69, 9.17) is 0 Å². The molecule has 1 aromatic heterocycles. The molecule has 26 heavy (non-hydrogen) atoms. The smallest absolute Gasteiger partial charge is 0.273 e. The minimum atomic E-state index is -0.714. The fraction of sp³-hybridized carbons (Fsp3) is 0. The summed E-state index contributed by atoms with van der Waals surface area (Å²) < 4.78 is 26.9. The quantitative estimate of drug-likeness (QED) is 0.560. The zero-order valence-electron chi connectivity index (χ0n) is 13.5. The Kier molecular flexibility index (Phi) is 3.93. The summed E-state index contributed by atoms with van der Waals surface area (Å²) in [5, 5.41) is 11.2. The lowest BCUT2D eigenvalue weighted by Gasteiger charge is -2.05. The largest absolute Gasteiger partial charge is 0.318 e. The SMILES string of the molecule is O=C(Nc1cc(F)ccc1F)c1cc(-c2cccc3ccccc23)n[nH]1. The molecule has 4 aromatic rings. The van der Waals surface area contributed by atoms with Gasteiger partial charge in [0.15, 0.2) is 0 Å². The van der Waals surface area contributed by atoms with Crippen molar-refractivity contribution in [1.82, 2.24) is 10.2 Å². The standard InChI is InChI=1S/C20H13F2N3O/c21-13-8-9-16(22)18(10-13)23-20(26)19-11-17(24-25-19)15-7-3-5-12-4-1-2-6-14(12)15/h1-11H,(H,23,26)(H,24,25). The maximum atomic E-state index is 13.7. The van der Waals surface area contributed by atoms with E-state index in [1.807, 2.05) is 42.5 Å². The van der Waals surface area contributed by atoms with Gasteiger partial charge in [0.2, 0.25) is 0 Å². The fourth-order valence-electron chi connectivity index (χ4n) is 2.81. The molecule has 0 atom stereocenters. The van der Waals surface area contributed by atoms with Crippen LogP contribution in [0.15, 0.2) is 66.7 Å². The van der Waals surface area contributed by atoms with Gasteiger partial charge in [-0.2, -0.15) is 5.10 Å². The Bertz CT molecular complexity index is 1120. The van der Waals surface area contributed by atoms with Crippen molar-refractivity contribution in [3.05, 3.63) is 84.1 Å². The van der Waals surface area contributed by atoms with E-state index in [9.17, 15) is 13.6 Å². The zero-order valence-corrected chi connectivity index (χ0v) is 13.5. The number of hydrogen-bond acceptors (Lipinski definition) is 2. The van der Waals surface area contributed by atoms with Crippen LogP contribution in [0, 0.1) is 11.6 Å². The Morgan fingerprint density at radius 3 is 2.65 bits per heavy atom. The number of hydrogen-bond donors (Lipinski definition) is 2. The van der Waals surface area contributed by atoms with Crippen molar-refractivity contribution in [2.24, 2.45) is 0 Å². The number of aromatic nitrogens is 2. The summed E-state index contributed by atoms with van der Waals surface area (Å²) >= 11 is 0. The number of fused-ring (bicyclic) bond motifs is 1. The van der Waals surface area contributed by atoms with Crippen LogP contribution >= 0.6 is 0 Å². The third-order valence-corrected chi connectivity index (χ3v) is 4.06. The third kappa shape index (κ3) is 2.93. The molecule has 0 aliphatic rings. The number of nitrogens with zero attached hydrogens (tertiary/aromatic N) is 1. The highest BCUT2D eigenvalue weighted by molar-refractivity contribution is 6.04. The number of carbonyl (C=O) groups is 1. The number of halogens is 2. The summed E-state index contributed by atoms with van der Waals surface area (Å²) in [5.41, 5.74) is 1.38. The van der Waals surface area contributed by atoms with E-state index in [2.05, 4.69) is 15.5 Å². The molecule has 4 rings (SSSR count). The van der Waals surface area contributed by atoms with E-state index in [1.54, 1.807) is 6.07 Å². The molecule has 3 aromatic carbocycles. The first-order valence-corrected chi connectivity index (χ1v) is 7.92. The molecule has 6 heteroatoms. The topological polar surface area (TPSA) is 57.8 Å². The lowest BCUT2D eigenvalue weighted by Crippen LogP contribution is -2.13. The van der Waals surface area contributed by atoms with Crippen LogP contribution in [0.5, 0.6) is 0 Å². The maximum Gasteiger partial charge on any atom is 0.273 e. The van der Waals surface area contributed by atoms with Gasteiger partial charge in [-0.3, -0.25) is 9.89 Å². The van der Waals surface area contributed by atoms with E-state index >= 15 is 0 Å². The number of amides is 1. The van der Waals surface area contributed by atoms with Crippen molar-refractivity contribution in [2.45, 2.75) is 0 Å². The highest BCUT2D eigenvalue weighted by Crippen LogP contribution is 2.27. The average Bonchev–Trinajstić information content (AvgIpc) is 3.14. The van der Waals surface area contributed by atoms with Crippen LogP contribution in [-0.4, -0.2) is 16.1 Å². The number of aromatic amines is 1. The van der Waals surface area contributed by atoms with E-state index in [-0.39, 0.29) is 11.4 Å². The maximum absolute atomic E-state index is 13.7. The van der Waals surface area contributed by atoms with E-state index in [0.717, 1.165) is 34.5 Å². The highest BCUT2D eigenvalue weighted by atomic mass is 19.1. The van der Waals surface area contributed by atoms with E-state index in [1.165, 1.54) is 0 Å². The van der Waals surface area contributed by atoms with Crippen molar-refractivity contribution >= 4 is 22.4 Å². The number of nitrogens with one attached hydrogen (secondary N) is 2. The lowest BCUT2D eigenvalue weighted by molar-refractivity contribution is 0.102. The van der Waals surface area contributed by atoms with Crippen LogP contribution in [-0.2, 0) is 0 Å². The molecule has 0 saturated heterocycles. The van der Waals surface area contributed by atoms with E-state index in [0.29, 0.717) is 5.69 Å². The van der Waals surface area contributed by atoms with Crippen LogP contribution in [0.1, 0.15) is 10.5 Å². The third-order valence-electron chi connectivity index (χ3n) is 4.06. The fourth-order valence-corrected chi connectivity index (χ4v) is 2.81. The minimum Gasteiger partial charge on any atom is -0.318 e. The lowest BCUT2D eigenvalue weighted by atomic mass is 10.0. The van der Waals surface area contributed by atoms with Gasteiger partial charge in [-0.15, -0.1) is 0 Å². The first kappa shape index (κ1) is 16.0. The molecule has 2 N–H and O–H groups in total.